The third kappa shape index (κ3) is 0.632. The van der Waals surface area contributed by atoms with E-state index in [2.05, 4.69) is 5.32 Å². The van der Waals surface area contributed by atoms with Gasteiger partial charge in [-0.2, -0.15) is 0 Å². The molecule has 0 bridgehead atoms. The molecular formula is C5H8N2O2. The number of nitrogens with zero attached hydrogens (tertiary/aromatic N) is 1. The van der Waals surface area contributed by atoms with Crippen molar-refractivity contribution >= 4 is 11.8 Å². The molecule has 0 atom stereocenters. The molecule has 0 spiro atoms. The number of carbonyl (C=O) groups excluding carboxylic acids is 2. The minimum atomic E-state index is -0.574. The summed E-state index contributed by atoms with van der Waals surface area (Å²) in [6.45, 7) is 0. The quantitative estimate of drug-likeness (QED) is 0.348. The molecule has 0 aromatic rings. The lowest BCUT2D eigenvalue weighted by Crippen LogP contribution is -2.64. The van der Waals surface area contributed by atoms with Gasteiger partial charge in [-0.15, -0.1) is 0 Å². The van der Waals surface area contributed by atoms with Crippen LogP contribution in [0.15, 0.2) is 0 Å². The fourth-order valence-electron chi connectivity index (χ4n) is 0.782. The number of rotatable bonds is 1. The average molecular weight is 128 g/mol. The van der Waals surface area contributed by atoms with Crippen molar-refractivity contribution in [1.82, 2.24) is 10.2 Å². The highest BCUT2D eigenvalue weighted by molar-refractivity contribution is 6.20. The van der Waals surface area contributed by atoms with Gasteiger partial charge in [0.25, 0.3) is 11.8 Å². The van der Waals surface area contributed by atoms with Crippen molar-refractivity contribution in [3.63, 3.8) is 0 Å². The Morgan fingerprint density at radius 2 is 1.89 bits per heavy atom. The second-order valence-electron chi connectivity index (χ2n) is 1.96. The van der Waals surface area contributed by atoms with Crippen molar-refractivity contribution in [3.05, 3.63) is 0 Å². The van der Waals surface area contributed by atoms with Gasteiger partial charge in [-0.25, -0.2) is 0 Å². The average Bonchev–Trinajstić information content (AvgIpc) is 1.89. The van der Waals surface area contributed by atoms with Crippen LogP contribution < -0.4 is 5.32 Å². The third-order valence-electron chi connectivity index (χ3n) is 1.44. The molecule has 1 heterocycles. The number of likely N-dealkylation sites (tertiary alicyclic amines) is 1. The number of likely N-dealkylation sites (N-methyl/N-ethyl adjacent to an activating group) is 2. The Morgan fingerprint density at radius 1 is 1.44 bits per heavy atom. The number of hydrogen-bond donors (Lipinski definition) is 1. The maximum absolute atomic E-state index is 10.6. The highest BCUT2D eigenvalue weighted by atomic mass is 16.2. The summed E-state index contributed by atoms with van der Waals surface area (Å²) in [5.74, 6) is -0.301. The van der Waals surface area contributed by atoms with Crippen LogP contribution in [0.4, 0.5) is 0 Å². The molecule has 9 heavy (non-hydrogen) atoms. The second-order valence-corrected chi connectivity index (χ2v) is 1.96. The van der Waals surface area contributed by atoms with Crippen LogP contribution in [0.1, 0.15) is 0 Å². The van der Waals surface area contributed by atoms with Crippen molar-refractivity contribution in [1.29, 1.82) is 0 Å². The molecule has 0 radical (unpaired) electrons. The van der Waals surface area contributed by atoms with Gasteiger partial charge in [0.1, 0.15) is 0 Å². The third-order valence-corrected chi connectivity index (χ3v) is 1.44. The van der Waals surface area contributed by atoms with Gasteiger partial charge in [0, 0.05) is 7.05 Å². The number of nitrogens with one attached hydrogen (secondary N) is 1. The summed E-state index contributed by atoms with van der Waals surface area (Å²) < 4.78 is 0. The molecule has 1 fully saturated rings. The van der Waals surface area contributed by atoms with Gasteiger partial charge in [-0.1, -0.05) is 0 Å². The zero-order valence-electron chi connectivity index (χ0n) is 5.34. The Labute approximate surface area is 52.8 Å². The largest absolute Gasteiger partial charge is 0.301 e. The number of amides is 2. The van der Waals surface area contributed by atoms with E-state index >= 15 is 0 Å². The molecular weight excluding hydrogens is 120 g/mol. The van der Waals surface area contributed by atoms with Crippen molar-refractivity contribution in [2.75, 3.05) is 14.1 Å². The van der Waals surface area contributed by atoms with Crippen LogP contribution in [-0.4, -0.2) is 36.9 Å². The van der Waals surface area contributed by atoms with Crippen molar-refractivity contribution in [2.24, 2.45) is 0 Å². The van der Waals surface area contributed by atoms with Gasteiger partial charge < -0.3 is 5.32 Å². The summed E-state index contributed by atoms with van der Waals surface area (Å²) in [5.41, 5.74) is 0. The van der Waals surface area contributed by atoms with Crippen LogP contribution in [0.3, 0.4) is 0 Å². The Hall–Kier alpha value is -0.900. The summed E-state index contributed by atoms with van der Waals surface area (Å²) in [7, 11) is 3.06. The van der Waals surface area contributed by atoms with Crippen molar-refractivity contribution < 1.29 is 9.59 Å². The van der Waals surface area contributed by atoms with E-state index in [9.17, 15) is 9.59 Å². The number of carbonyl (C=O) groups is 2. The molecule has 1 aliphatic rings. The van der Waals surface area contributed by atoms with Gasteiger partial charge in [-0.05, 0) is 7.05 Å². The van der Waals surface area contributed by atoms with Crippen molar-refractivity contribution in [2.45, 2.75) is 6.04 Å². The molecule has 4 heteroatoms. The molecule has 50 valence electrons. The van der Waals surface area contributed by atoms with Crippen molar-refractivity contribution in [3.8, 4) is 0 Å². The SMILES string of the molecule is CNC1C(=O)N(C)C1=O. The highest BCUT2D eigenvalue weighted by Crippen LogP contribution is 2.07. The summed E-state index contributed by atoms with van der Waals surface area (Å²) >= 11 is 0. The van der Waals surface area contributed by atoms with E-state index in [0.29, 0.717) is 0 Å². The van der Waals surface area contributed by atoms with Gasteiger partial charge in [0.2, 0.25) is 0 Å². The molecule has 1 saturated heterocycles. The topological polar surface area (TPSA) is 49.4 Å². The van der Waals surface area contributed by atoms with Gasteiger partial charge in [-0.3, -0.25) is 14.5 Å². The number of hydrogen-bond acceptors (Lipinski definition) is 3. The zero-order chi connectivity index (χ0) is 7.02. The van der Waals surface area contributed by atoms with E-state index in [0.717, 1.165) is 4.90 Å². The van der Waals surface area contributed by atoms with E-state index in [4.69, 9.17) is 0 Å². The predicted octanol–water partition coefficient (Wildman–Crippen LogP) is -1.43. The monoisotopic (exact) mass is 128 g/mol. The normalized spacial score (nSPS) is 20.4. The molecule has 0 saturated carbocycles. The summed E-state index contributed by atoms with van der Waals surface area (Å²) in [6.07, 6.45) is 0. The molecule has 0 aromatic carbocycles. The molecule has 1 N–H and O–H groups in total. The van der Waals surface area contributed by atoms with Crippen LogP contribution in [0.5, 0.6) is 0 Å². The molecule has 0 aromatic heterocycles. The Balaban J connectivity index is 2.62. The molecule has 1 rings (SSSR count). The van der Waals surface area contributed by atoms with Gasteiger partial charge in [0.15, 0.2) is 6.04 Å². The highest BCUT2D eigenvalue weighted by Gasteiger charge is 2.42. The van der Waals surface area contributed by atoms with Crippen LogP contribution in [-0.2, 0) is 9.59 Å². The Bertz CT molecular complexity index is 150. The van der Waals surface area contributed by atoms with Crippen LogP contribution in [0.25, 0.3) is 0 Å². The van der Waals surface area contributed by atoms with Gasteiger partial charge in [0.05, 0.1) is 0 Å². The van der Waals surface area contributed by atoms with E-state index in [1.165, 1.54) is 7.05 Å². The maximum Gasteiger partial charge on any atom is 0.255 e. The number of β-lactam (4-membered cyclic amide) rings is 2. The smallest absolute Gasteiger partial charge is 0.255 e. The van der Waals surface area contributed by atoms with Crippen LogP contribution in [0.2, 0.25) is 0 Å². The minimum absolute atomic E-state index is 0.150. The standard InChI is InChI=1S/C5H8N2O2/c1-6-3-4(8)7(2)5(3)9/h3,6H,1-2H3. The first-order chi connectivity index (χ1) is 4.18. The maximum atomic E-state index is 10.6. The molecule has 1 aliphatic heterocycles. The van der Waals surface area contributed by atoms with E-state index in [1.54, 1.807) is 7.05 Å². The lowest BCUT2D eigenvalue weighted by Gasteiger charge is -2.31. The van der Waals surface area contributed by atoms with Crippen LogP contribution in [0, 0.1) is 0 Å². The summed E-state index contributed by atoms with van der Waals surface area (Å²) in [5, 5.41) is 2.59. The van der Waals surface area contributed by atoms with Crippen LogP contribution >= 0.6 is 0 Å². The molecule has 2 amide bonds. The first-order valence-corrected chi connectivity index (χ1v) is 2.67. The predicted molar refractivity (Wildman–Crippen MR) is 30.6 cm³/mol. The Kier molecular flexibility index (Phi) is 1.25. The fourth-order valence-corrected chi connectivity index (χ4v) is 0.782. The molecule has 4 nitrogen and oxygen atoms in total. The molecule has 0 unspecified atom stereocenters. The zero-order valence-corrected chi connectivity index (χ0v) is 5.34. The second kappa shape index (κ2) is 1.80. The van der Waals surface area contributed by atoms with E-state index in [1.807, 2.05) is 0 Å². The lowest BCUT2D eigenvalue weighted by molar-refractivity contribution is -0.159. The number of imide groups is 1. The summed E-state index contributed by atoms with van der Waals surface area (Å²) in [4.78, 5) is 22.4. The van der Waals surface area contributed by atoms with Gasteiger partial charge >= 0.3 is 0 Å². The van der Waals surface area contributed by atoms with E-state index < -0.39 is 6.04 Å². The fraction of sp³-hybridized carbons (Fsp3) is 0.600. The lowest BCUT2D eigenvalue weighted by atomic mass is 10.1. The first-order valence-electron chi connectivity index (χ1n) is 2.67. The molecule has 0 aliphatic carbocycles. The van der Waals surface area contributed by atoms with E-state index in [-0.39, 0.29) is 11.8 Å². The Morgan fingerprint density at radius 3 is 2.11 bits per heavy atom. The summed E-state index contributed by atoms with van der Waals surface area (Å²) in [6, 6.07) is -0.574. The first kappa shape index (κ1) is 6.22. The minimum Gasteiger partial charge on any atom is -0.301 e.